The van der Waals surface area contributed by atoms with Gasteiger partial charge >= 0.3 is 0 Å². The second kappa shape index (κ2) is 8.36. The number of hydrogen-bond acceptors (Lipinski definition) is 4. The van der Waals surface area contributed by atoms with E-state index >= 15 is 0 Å². The zero-order valence-corrected chi connectivity index (χ0v) is 19.5. The summed E-state index contributed by atoms with van der Waals surface area (Å²) in [6.07, 6.45) is 4.46. The molecule has 0 bridgehead atoms. The Kier molecular flexibility index (Phi) is 5.15. The topological polar surface area (TPSA) is 84.3 Å². The maximum Gasteiger partial charge on any atom is 0.266 e. The van der Waals surface area contributed by atoms with Crippen LogP contribution >= 0.6 is 11.6 Å². The van der Waals surface area contributed by atoms with Crippen molar-refractivity contribution in [2.24, 2.45) is 0 Å². The molecular weight excluding hydrogens is 464 g/mol. The molecule has 3 aromatic carbocycles. The molecule has 35 heavy (non-hydrogen) atoms. The van der Waals surface area contributed by atoms with Crippen molar-refractivity contribution in [1.29, 1.82) is 0 Å². The van der Waals surface area contributed by atoms with Crippen LogP contribution < -0.4 is 10.2 Å². The summed E-state index contributed by atoms with van der Waals surface area (Å²) in [5.74, 6) is -0.251. The lowest BCUT2D eigenvalue weighted by Gasteiger charge is -2.15. The van der Waals surface area contributed by atoms with Crippen LogP contribution in [0.4, 0.5) is 11.4 Å². The standard InChI is InChI=1S/C27H21ClN4O3/c28-20-6-3-4-7-22(20)32-26(34)18-11-9-16(14-19(18)27(32)35)25(33)29-17-10-12-23-21(15-17)30-24-8-2-1-5-13-31(23)24/h3-4,6-7,9-12,14-15H,1-2,5,8,13H2,(H,29,33). The first-order chi connectivity index (χ1) is 17.0. The largest absolute Gasteiger partial charge is 0.328 e. The number of aromatic nitrogens is 2. The fourth-order valence-corrected chi connectivity index (χ4v) is 5.09. The van der Waals surface area contributed by atoms with Crippen molar-refractivity contribution >= 4 is 51.7 Å². The van der Waals surface area contributed by atoms with Gasteiger partial charge in [-0.25, -0.2) is 9.88 Å². The zero-order chi connectivity index (χ0) is 24.1. The monoisotopic (exact) mass is 484 g/mol. The third kappa shape index (κ3) is 3.59. The van der Waals surface area contributed by atoms with Crippen LogP contribution in [0.3, 0.4) is 0 Å². The maximum atomic E-state index is 13.1. The predicted octanol–water partition coefficient (Wildman–Crippen LogP) is 5.47. The summed E-state index contributed by atoms with van der Waals surface area (Å²) in [5.41, 5.74) is 3.57. The number of halogens is 1. The van der Waals surface area contributed by atoms with Crippen molar-refractivity contribution in [3.63, 3.8) is 0 Å². The van der Waals surface area contributed by atoms with Gasteiger partial charge in [0.15, 0.2) is 0 Å². The highest BCUT2D eigenvalue weighted by Gasteiger charge is 2.38. The molecular formula is C27H21ClN4O3. The van der Waals surface area contributed by atoms with E-state index in [9.17, 15) is 14.4 Å². The van der Waals surface area contributed by atoms with Gasteiger partial charge in [0.05, 0.1) is 32.9 Å². The molecule has 3 heterocycles. The van der Waals surface area contributed by atoms with Crippen LogP contribution in [0, 0.1) is 0 Å². The lowest BCUT2D eigenvalue weighted by Crippen LogP contribution is -2.29. The highest BCUT2D eigenvalue weighted by atomic mass is 35.5. The molecule has 2 aliphatic rings. The molecule has 0 unspecified atom stereocenters. The average Bonchev–Trinajstić information content (AvgIpc) is 3.20. The molecule has 7 nitrogen and oxygen atoms in total. The number of imide groups is 1. The van der Waals surface area contributed by atoms with E-state index in [-0.39, 0.29) is 22.6 Å². The number of para-hydroxylation sites is 1. The van der Waals surface area contributed by atoms with Crippen molar-refractivity contribution in [1.82, 2.24) is 9.55 Å². The van der Waals surface area contributed by atoms with Crippen molar-refractivity contribution in [2.45, 2.75) is 32.2 Å². The molecule has 0 fully saturated rings. The number of nitrogens with zero attached hydrogens (tertiary/aromatic N) is 3. The van der Waals surface area contributed by atoms with Crippen LogP contribution in [-0.2, 0) is 13.0 Å². The summed E-state index contributed by atoms with van der Waals surface area (Å²) in [6, 6.07) is 16.9. The number of aryl methyl sites for hydroxylation is 2. The first-order valence-corrected chi connectivity index (χ1v) is 12.0. The van der Waals surface area contributed by atoms with Crippen molar-refractivity contribution in [2.75, 3.05) is 10.2 Å². The fraction of sp³-hybridized carbons (Fsp3) is 0.185. The molecule has 1 aromatic heterocycles. The first kappa shape index (κ1) is 21.6. The average molecular weight is 485 g/mol. The molecule has 0 saturated carbocycles. The molecule has 0 saturated heterocycles. The van der Waals surface area contributed by atoms with Gasteiger partial charge in [0, 0.05) is 24.2 Å². The molecule has 0 atom stereocenters. The van der Waals surface area contributed by atoms with E-state index < -0.39 is 11.8 Å². The summed E-state index contributed by atoms with van der Waals surface area (Å²) in [6.45, 7) is 0.963. The number of fused-ring (bicyclic) bond motifs is 4. The van der Waals surface area contributed by atoms with Crippen molar-refractivity contribution < 1.29 is 14.4 Å². The lowest BCUT2D eigenvalue weighted by atomic mass is 10.1. The number of imidazole rings is 1. The summed E-state index contributed by atoms with van der Waals surface area (Å²) in [7, 11) is 0. The number of nitrogens with one attached hydrogen (secondary N) is 1. The lowest BCUT2D eigenvalue weighted by molar-refractivity contribution is 0.0925. The van der Waals surface area contributed by atoms with E-state index in [2.05, 4.69) is 9.88 Å². The van der Waals surface area contributed by atoms with Gasteiger partial charge in [0.2, 0.25) is 0 Å². The molecule has 174 valence electrons. The molecule has 3 amide bonds. The van der Waals surface area contributed by atoms with E-state index in [4.69, 9.17) is 16.6 Å². The summed E-state index contributed by atoms with van der Waals surface area (Å²) in [5, 5.41) is 3.19. The third-order valence-corrected chi connectivity index (χ3v) is 6.93. The van der Waals surface area contributed by atoms with E-state index in [1.54, 1.807) is 30.3 Å². The van der Waals surface area contributed by atoms with Crippen molar-refractivity contribution in [3.8, 4) is 0 Å². The van der Waals surface area contributed by atoms with Gasteiger partial charge in [-0.3, -0.25) is 14.4 Å². The Morgan fingerprint density at radius 2 is 1.74 bits per heavy atom. The minimum absolute atomic E-state index is 0.177. The molecule has 1 N–H and O–H groups in total. The molecule has 0 aliphatic carbocycles. The molecule has 6 rings (SSSR count). The number of amides is 3. The second-order valence-corrected chi connectivity index (χ2v) is 9.21. The Morgan fingerprint density at radius 3 is 2.60 bits per heavy atom. The van der Waals surface area contributed by atoms with Crippen LogP contribution in [0.2, 0.25) is 5.02 Å². The van der Waals surface area contributed by atoms with E-state index in [1.165, 1.54) is 18.6 Å². The van der Waals surface area contributed by atoms with Gasteiger partial charge in [-0.05, 0) is 61.4 Å². The Morgan fingerprint density at radius 1 is 0.914 bits per heavy atom. The summed E-state index contributed by atoms with van der Waals surface area (Å²) < 4.78 is 2.27. The Bertz CT molecular complexity index is 1540. The number of carbonyl (C=O) groups excluding carboxylic acids is 3. The van der Waals surface area contributed by atoms with Crippen LogP contribution in [0.1, 0.15) is 56.2 Å². The van der Waals surface area contributed by atoms with E-state index in [0.29, 0.717) is 16.4 Å². The molecule has 2 aliphatic heterocycles. The number of anilines is 2. The minimum atomic E-state index is -0.506. The highest BCUT2D eigenvalue weighted by molar-refractivity contribution is 6.40. The normalized spacial score (nSPS) is 15.2. The smallest absolute Gasteiger partial charge is 0.266 e. The van der Waals surface area contributed by atoms with E-state index in [1.807, 2.05) is 18.2 Å². The minimum Gasteiger partial charge on any atom is -0.328 e. The first-order valence-electron chi connectivity index (χ1n) is 11.6. The SMILES string of the molecule is O=C(Nc1ccc2c(c1)nc1n2CCCCC1)c1ccc2c(c1)C(=O)N(c1ccccc1Cl)C2=O. The van der Waals surface area contributed by atoms with Crippen LogP contribution in [0.15, 0.2) is 60.7 Å². The van der Waals surface area contributed by atoms with Crippen LogP contribution in [-0.4, -0.2) is 27.3 Å². The third-order valence-electron chi connectivity index (χ3n) is 6.61. The second-order valence-electron chi connectivity index (χ2n) is 8.81. The predicted molar refractivity (Wildman–Crippen MR) is 134 cm³/mol. The van der Waals surface area contributed by atoms with Crippen LogP contribution in [0.25, 0.3) is 11.0 Å². The number of hydrogen-bond donors (Lipinski definition) is 1. The molecule has 0 spiro atoms. The highest BCUT2D eigenvalue weighted by Crippen LogP contribution is 2.33. The van der Waals surface area contributed by atoms with Gasteiger partial charge in [0.1, 0.15) is 5.82 Å². The van der Waals surface area contributed by atoms with Gasteiger partial charge in [-0.2, -0.15) is 0 Å². The molecule has 4 aromatic rings. The molecule has 8 heteroatoms. The van der Waals surface area contributed by atoms with Gasteiger partial charge in [-0.1, -0.05) is 30.2 Å². The Balaban J connectivity index is 1.27. The fourth-order valence-electron chi connectivity index (χ4n) is 4.86. The Hall–Kier alpha value is -3.97. The van der Waals surface area contributed by atoms with Gasteiger partial charge < -0.3 is 9.88 Å². The maximum absolute atomic E-state index is 13.1. The number of benzene rings is 3. The molecule has 0 radical (unpaired) electrons. The van der Waals surface area contributed by atoms with Crippen LogP contribution in [0.5, 0.6) is 0 Å². The quantitative estimate of drug-likeness (QED) is 0.391. The number of rotatable bonds is 3. The summed E-state index contributed by atoms with van der Waals surface area (Å²) in [4.78, 5) is 44.8. The number of carbonyl (C=O) groups is 3. The zero-order valence-electron chi connectivity index (χ0n) is 18.8. The Labute approximate surface area is 206 Å². The van der Waals surface area contributed by atoms with E-state index in [0.717, 1.165) is 47.6 Å². The van der Waals surface area contributed by atoms with Crippen molar-refractivity contribution in [3.05, 3.63) is 88.2 Å². The van der Waals surface area contributed by atoms with Gasteiger partial charge in [-0.15, -0.1) is 0 Å². The van der Waals surface area contributed by atoms with Gasteiger partial charge in [0.25, 0.3) is 17.7 Å². The summed E-state index contributed by atoms with van der Waals surface area (Å²) >= 11 is 6.22.